The van der Waals surface area contributed by atoms with Crippen molar-refractivity contribution >= 4 is 17.9 Å². The first kappa shape index (κ1) is 40.6. The van der Waals surface area contributed by atoms with Gasteiger partial charge in [0.1, 0.15) is 6.10 Å². The van der Waals surface area contributed by atoms with E-state index < -0.39 is 0 Å². The second kappa shape index (κ2) is 25.4. The molecule has 46 heavy (non-hydrogen) atoms. The van der Waals surface area contributed by atoms with Crippen molar-refractivity contribution in [1.29, 1.82) is 0 Å². The van der Waals surface area contributed by atoms with Crippen molar-refractivity contribution in [3.05, 3.63) is 0 Å². The maximum absolute atomic E-state index is 12.6. The fourth-order valence-electron chi connectivity index (χ4n) is 7.66. The van der Waals surface area contributed by atoms with Gasteiger partial charge in [-0.25, -0.2) is 0 Å². The van der Waals surface area contributed by atoms with Crippen LogP contribution in [0, 0.1) is 17.3 Å². The Bertz CT molecular complexity index is 778. The van der Waals surface area contributed by atoms with Gasteiger partial charge in [0, 0.05) is 19.3 Å². The highest BCUT2D eigenvalue weighted by Crippen LogP contribution is 2.52. The number of hydrogen-bond donors (Lipinski definition) is 0. The van der Waals surface area contributed by atoms with Crippen LogP contribution >= 0.6 is 0 Å². The third-order valence-electron chi connectivity index (χ3n) is 11.0. The minimum Gasteiger partial charge on any atom is -0.466 e. The summed E-state index contributed by atoms with van der Waals surface area (Å²) >= 11 is 0. The van der Waals surface area contributed by atoms with Gasteiger partial charge in [0.25, 0.3) is 0 Å². The molecule has 1 atom stereocenters. The molecule has 1 unspecified atom stereocenters. The zero-order valence-corrected chi connectivity index (χ0v) is 30.4. The Morgan fingerprint density at radius 2 is 1.11 bits per heavy atom. The first-order chi connectivity index (χ1) is 22.4. The Morgan fingerprint density at radius 3 is 1.76 bits per heavy atom. The van der Waals surface area contributed by atoms with Gasteiger partial charge in [0.15, 0.2) is 0 Å². The van der Waals surface area contributed by atoms with Crippen LogP contribution in [0.1, 0.15) is 201 Å². The number of fused-ring (bicyclic) bond motifs is 3. The summed E-state index contributed by atoms with van der Waals surface area (Å²) in [7, 11) is 0. The molecule has 2 bridgehead atoms. The van der Waals surface area contributed by atoms with Crippen LogP contribution in [-0.2, 0) is 28.6 Å². The summed E-state index contributed by atoms with van der Waals surface area (Å²) in [5.74, 6) is 1.26. The number of unbranched alkanes of at least 4 members (excludes halogenated alkanes) is 9. The Morgan fingerprint density at radius 1 is 0.565 bits per heavy atom. The molecule has 0 aromatic carbocycles. The van der Waals surface area contributed by atoms with Gasteiger partial charge < -0.3 is 14.2 Å². The zero-order chi connectivity index (χ0) is 33.3. The van der Waals surface area contributed by atoms with Crippen LogP contribution in [-0.4, -0.2) is 37.2 Å². The van der Waals surface area contributed by atoms with E-state index in [2.05, 4.69) is 20.8 Å². The highest BCUT2D eigenvalue weighted by atomic mass is 16.5. The second-order valence-corrected chi connectivity index (χ2v) is 14.9. The lowest BCUT2D eigenvalue weighted by atomic mass is 9.59. The molecule has 0 N–H and O–H groups in total. The van der Waals surface area contributed by atoms with Crippen LogP contribution in [0.5, 0.6) is 0 Å². The Kier molecular flexibility index (Phi) is 22.4. The molecule has 0 aliphatic heterocycles. The van der Waals surface area contributed by atoms with E-state index in [0.29, 0.717) is 50.2 Å². The summed E-state index contributed by atoms with van der Waals surface area (Å²) in [4.78, 5) is 37.2. The molecular weight excluding hydrogens is 576 g/mol. The largest absolute Gasteiger partial charge is 0.466 e. The van der Waals surface area contributed by atoms with E-state index in [1.165, 1.54) is 89.9 Å². The van der Waals surface area contributed by atoms with E-state index in [0.717, 1.165) is 70.1 Å². The molecule has 3 rings (SSSR count). The van der Waals surface area contributed by atoms with Gasteiger partial charge in [0.2, 0.25) is 0 Å². The molecule has 3 fully saturated rings. The number of rotatable bonds is 29. The lowest BCUT2D eigenvalue weighted by Gasteiger charge is -2.46. The average Bonchev–Trinajstić information content (AvgIpc) is 3.06. The predicted molar refractivity (Wildman–Crippen MR) is 188 cm³/mol. The summed E-state index contributed by atoms with van der Waals surface area (Å²) in [6.45, 7) is 7.65. The first-order valence-electron chi connectivity index (χ1n) is 19.9. The number of carbonyl (C=O) groups is 3. The first-order valence-corrected chi connectivity index (χ1v) is 19.9. The lowest BCUT2D eigenvalue weighted by molar-refractivity contribution is -0.153. The van der Waals surface area contributed by atoms with Crippen LogP contribution in [0.25, 0.3) is 0 Å². The summed E-state index contributed by atoms with van der Waals surface area (Å²) in [6, 6.07) is 0. The summed E-state index contributed by atoms with van der Waals surface area (Å²) in [5, 5.41) is 0. The lowest BCUT2D eigenvalue weighted by Crippen LogP contribution is -2.35. The van der Waals surface area contributed by atoms with Gasteiger partial charge in [-0.1, -0.05) is 97.8 Å². The van der Waals surface area contributed by atoms with Crippen molar-refractivity contribution in [2.75, 3.05) is 13.2 Å². The summed E-state index contributed by atoms with van der Waals surface area (Å²) in [6.07, 6.45) is 29.1. The molecule has 0 heterocycles. The van der Waals surface area contributed by atoms with Crippen LogP contribution in [0.3, 0.4) is 0 Å². The standard InChI is InChI=1S/C40H72O6/c1-4-7-13-17-34(18-14-8-5-2)27-32-44-37(41)21-16-12-10-11-15-19-36(46-39(43)20-9-6-3)22-23-38(42)45-33-31-40-28-24-35(25-29-40)26-30-40/h34-36H,4-33H2,1-3H3. The molecule has 0 spiro atoms. The number of carbonyl (C=O) groups excluding carboxylic acids is 3. The minimum absolute atomic E-state index is 0.0578. The number of ether oxygens (including phenoxy) is 3. The van der Waals surface area contributed by atoms with Gasteiger partial charge in [-0.05, 0) is 101 Å². The van der Waals surface area contributed by atoms with Gasteiger partial charge in [-0.15, -0.1) is 0 Å². The predicted octanol–water partition coefficient (Wildman–Crippen LogP) is 11.2. The van der Waals surface area contributed by atoms with Crippen LogP contribution in [0.2, 0.25) is 0 Å². The highest BCUT2D eigenvalue weighted by molar-refractivity contribution is 5.70. The van der Waals surface area contributed by atoms with Gasteiger partial charge in [-0.3, -0.25) is 14.4 Å². The van der Waals surface area contributed by atoms with Crippen molar-refractivity contribution < 1.29 is 28.6 Å². The third-order valence-corrected chi connectivity index (χ3v) is 11.0. The van der Waals surface area contributed by atoms with E-state index in [9.17, 15) is 14.4 Å². The molecule has 0 aromatic heterocycles. The Labute approximate surface area is 283 Å². The van der Waals surface area contributed by atoms with Crippen molar-refractivity contribution in [3.8, 4) is 0 Å². The molecule has 0 aromatic rings. The topological polar surface area (TPSA) is 78.9 Å². The number of hydrogen-bond acceptors (Lipinski definition) is 6. The smallest absolute Gasteiger partial charge is 0.306 e. The summed E-state index contributed by atoms with van der Waals surface area (Å²) in [5.41, 5.74) is 0.414. The number of esters is 3. The van der Waals surface area contributed by atoms with Gasteiger partial charge >= 0.3 is 17.9 Å². The van der Waals surface area contributed by atoms with Gasteiger partial charge in [0.05, 0.1) is 13.2 Å². The van der Waals surface area contributed by atoms with Crippen LogP contribution in [0.4, 0.5) is 0 Å². The molecule has 0 radical (unpaired) electrons. The quantitative estimate of drug-likeness (QED) is 0.0456. The molecule has 6 nitrogen and oxygen atoms in total. The molecule has 3 saturated carbocycles. The molecule has 268 valence electrons. The highest BCUT2D eigenvalue weighted by Gasteiger charge is 2.40. The Hall–Kier alpha value is -1.59. The van der Waals surface area contributed by atoms with E-state index in [-0.39, 0.29) is 24.0 Å². The fourth-order valence-corrected chi connectivity index (χ4v) is 7.66. The van der Waals surface area contributed by atoms with Crippen molar-refractivity contribution in [2.24, 2.45) is 17.3 Å². The average molecular weight is 649 g/mol. The van der Waals surface area contributed by atoms with E-state index in [1.807, 2.05) is 0 Å². The molecule has 3 aliphatic rings. The normalized spacial score (nSPS) is 19.7. The van der Waals surface area contributed by atoms with E-state index >= 15 is 0 Å². The van der Waals surface area contributed by atoms with Crippen LogP contribution in [0.15, 0.2) is 0 Å². The maximum Gasteiger partial charge on any atom is 0.306 e. The molecule has 6 heteroatoms. The van der Waals surface area contributed by atoms with Crippen molar-refractivity contribution in [1.82, 2.24) is 0 Å². The fraction of sp³-hybridized carbons (Fsp3) is 0.925. The van der Waals surface area contributed by atoms with E-state index in [4.69, 9.17) is 14.2 Å². The molecule has 3 aliphatic carbocycles. The molecule has 0 amide bonds. The second-order valence-electron chi connectivity index (χ2n) is 14.9. The van der Waals surface area contributed by atoms with Crippen molar-refractivity contribution in [2.45, 2.75) is 207 Å². The summed E-state index contributed by atoms with van der Waals surface area (Å²) < 4.78 is 17.1. The molecular formula is C40H72O6. The monoisotopic (exact) mass is 649 g/mol. The Balaban J connectivity index is 1.58. The van der Waals surface area contributed by atoms with E-state index in [1.54, 1.807) is 0 Å². The van der Waals surface area contributed by atoms with Crippen LogP contribution < -0.4 is 0 Å². The molecule has 0 saturated heterocycles. The maximum atomic E-state index is 12.6. The minimum atomic E-state index is -0.230. The zero-order valence-electron chi connectivity index (χ0n) is 30.4. The van der Waals surface area contributed by atoms with Gasteiger partial charge in [-0.2, -0.15) is 0 Å². The van der Waals surface area contributed by atoms with Crippen molar-refractivity contribution in [3.63, 3.8) is 0 Å². The SMILES string of the molecule is CCCCCC(CCCCC)CCOC(=O)CCCCCCCC(CCC(=O)OCCC12CCC(CC1)CC2)OC(=O)CCCC. The third kappa shape index (κ3) is 18.7.